The number of carbonyl (C=O) groups is 2. The van der Waals surface area contributed by atoms with Crippen molar-refractivity contribution in [2.45, 2.75) is 32.7 Å². The lowest BCUT2D eigenvalue weighted by molar-refractivity contribution is 0.0679. The zero-order valence-corrected chi connectivity index (χ0v) is 16.9. The van der Waals surface area contributed by atoms with E-state index >= 15 is 0 Å². The average Bonchev–Trinajstić information content (AvgIpc) is 3.31. The molecule has 1 unspecified atom stereocenters. The normalized spacial score (nSPS) is 22.7. The molecule has 2 saturated heterocycles. The molecule has 6 heteroatoms. The third-order valence-corrected chi connectivity index (χ3v) is 7.12. The van der Waals surface area contributed by atoms with Crippen molar-refractivity contribution in [3.8, 4) is 0 Å². The summed E-state index contributed by atoms with van der Waals surface area (Å²) in [6, 6.07) is 10.3. The van der Waals surface area contributed by atoms with E-state index < -0.39 is 0 Å². The van der Waals surface area contributed by atoms with Crippen molar-refractivity contribution in [2.75, 3.05) is 26.2 Å². The van der Waals surface area contributed by atoms with E-state index in [1.807, 2.05) is 17.0 Å². The maximum Gasteiger partial charge on any atom is 0.263 e. The zero-order valence-electron chi connectivity index (χ0n) is 16.1. The molecule has 2 aromatic rings. The molecule has 2 aliphatic rings. The third kappa shape index (κ3) is 4.03. The number of thiophene rings is 1. The molecule has 0 N–H and O–H groups in total. The van der Waals surface area contributed by atoms with E-state index in [4.69, 9.17) is 0 Å². The van der Waals surface area contributed by atoms with Crippen LogP contribution >= 0.6 is 11.3 Å². The molecule has 1 aromatic carbocycles. The van der Waals surface area contributed by atoms with Gasteiger partial charge in [0.15, 0.2) is 5.78 Å². The van der Waals surface area contributed by atoms with Gasteiger partial charge in [0.1, 0.15) is 5.82 Å². The van der Waals surface area contributed by atoms with Gasteiger partial charge < -0.3 is 4.90 Å². The summed E-state index contributed by atoms with van der Waals surface area (Å²) in [5, 5.41) is 0. The maximum atomic E-state index is 13.1. The van der Waals surface area contributed by atoms with Crippen molar-refractivity contribution in [1.82, 2.24) is 9.80 Å². The summed E-state index contributed by atoms with van der Waals surface area (Å²) in [4.78, 5) is 30.1. The Morgan fingerprint density at radius 2 is 1.79 bits per heavy atom. The maximum absolute atomic E-state index is 13.1. The van der Waals surface area contributed by atoms with Crippen LogP contribution in [0.3, 0.4) is 0 Å². The quantitative estimate of drug-likeness (QED) is 0.722. The van der Waals surface area contributed by atoms with Crippen molar-refractivity contribution in [2.24, 2.45) is 5.41 Å². The van der Waals surface area contributed by atoms with E-state index in [0.717, 1.165) is 57.5 Å². The highest BCUT2D eigenvalue weighted by Gasteiger charge is 2.43. The Morgan fingerprint density at radius 3 is 2.50 bits per heavy atom. The van der Waals surface area contributed by atoms with Crippen LogP contribution in [0.15, 0.2) is 36.4 Å². The molecule has 148 valence electrons. The van der Waals surface area contributed by atoms with E-state index in [-0.39, 0.29) is 22.9 Å². The highest BCUT2D eigenvalue weighted by molar-refractivity contribution is 7.15. The number of ketones is 1. The predicted octanol–water partition coefficient (Wildman–Crippen LogP) is 4.22. The molecular formula is C22H25FN2O2S. The Balaban J connectivity index is 1.40. The number of Topliss-reactive ketones (excluding diaryl/α,β-unsaturated/α-hetero) is 1. The molecule has 0 aliphatic carbocycles. The number of benzene rings is 1. The minimum Gasteiger partial charge on any atom is -0.337 e. The van der Waals surface area contributed by atoms with Crippen molar-refractivity contribution in [3.63, 3.8) is 0 Å². The van der Waals surface area contributed by atoms with Crippen LogP contribution in [0.5, 0.6) is 0 Å². The lowest BCUT2D eigenvalue weighted by Gasteiger charge is -2.40. The Morgan fingerprint density at radius 1 is 1.04 bits per heavy atom. The lowest BCUT2D eigenvalue weighted by Crippen LogP contribution is -2.44. The summed E-state index contributed by atoms with van der Waals surface area (Å²) in [7, 11) is 0. The van der Waals surface area contributed by atoms with Gasteiger partial charge in [0.05, 0.1) is 9.75 Å². The highest BCUT2D eigenvalue weighted by atomic mass is 32.1. The molecular weight excluding hydrogens is 375 g/mol. The van der Waals surface area contributed by atoms with Crippen LogP contribution < -0.4 is 0 Å². The second-order valence-corrected chi connectivity index (χ2v) is 9.22. The van der Waals surface area contributed by atoms with Gasteiger partial charge in [-0.2, -0.15) is 0 Å². The van der Waals surface area contributed by atoms with Crippen LogP contribution in [-0.2, 0) is 6.54 Å². The second kappa shape index (κ2) is 7.76. The van der Waals surface area contributed by atoms with Crippen LogP contribution in [0.25, 0.3) is 0 Å². The number of rotatable bonds is 4. The largest absolute Gasteiger partial charge is 0.337 e. The van der Waals surface area contributed by atoms with Crippen molar-refractivity contribution in [3.05, 3.63) is 57.5 Å². The van der Waals surface area contributed by atoms with E-state index in [0.29, 0.717) is 9.75 Å². The molecule has 4 nitrogen and oxygen atoms in total. The third-order valence-electron chi connectivity index (χ3n) is 5.95. The van der Waals surface area contributed by atoms with E-state index in [9.17, 15) is 14.0 Å². The fraction of sp³-hybridized carbons (Fsp3) is 0.455. The lowest BCUT2D eigenvalue weighted by atomic mass is 9.79. The van der Waals surface area contributed by atoms with Gasteiger partial charge in [-0.3, -0.25) is 14.5 Å². The number of likely N-dealkylation sites (tertiary alicyclic amines) is 2. The molecule has 28 heavy (non-hydrogen) atoms. The molecule has 0 bridgehead atoms. The summed E-state index contributed by atoms with van der Waals surface area (Å²) in [5.41, 5.74) is 1.27. The van der Waals surface area contributed by atoms with Gasteiger partial charge >= 0.3 is 0 Å². The highest BCUT2D eigenvalue weighted by Crippen LogP contribution is 2.40. The van der Waals surface area contributed by atoms with Crippen LogP contribution in [0.1, 0.15) is 51.1 Å². The van der Waals surface area contributed by atoms with Gasteiger partial charge in [0.25, 0.3) is 5.91 Å². The summed E-state index contributed by atoms with van der Waals surface area (Å²) in [6.07, 6.45) is 3.28. The Hall–Kier alpha value is -2.05. The summed E-state index contributed by atoms with van der Waals surface area (Å²) < 4.78 is 13.1. The fourth-order valence-corrected chi connectivity index (χ4v) is 5.40. The van der Waals surface area contributed by atoms with E-state index in [2.05, 4.69) is 4.90 Å². The zero-order chi connectivity index (χ0) is 19.7. The Kier molecular flexibility index (Phi) is 5.34. The summed E-state index contributed by atoms with van der Waals surface area (Å²) >= 11 is 1.29. The van der Waals surface area contributed by atoms with Gasteiger partial charge in [-0.25, -0.2) is 4.39 Å². The molecule has 3 heterocycles. The number of amides is 1. The molecule has 1 atom stereocenters. The van der Waals surface area contributed by atoms with Gasteiger partial charge in [0, 0.05) is 31.6 Å². The average molecular weight is 401 g/mol. The molecule has 1 aromatic heterocycles. The Bertz CT molecular complexity index is 879. The second-order valence-electron chi connectivity index (χ2n) is 8.14. The van der Waals surface area contributed by atoms with Gasteiger partial charge in [-0.1, -0.05) is 12.1 Å². The number of piperidine rings is 1. The van der Waals surface area contributed by atoms with Crippen LogP contribution in [0, 0.1) is 11.2 Å². The fourth-order valence-electron chi connectivity index (χ4n) is 4.53. The van der Waals surface area contributed by atoms with Crippen molar-refractivity contribution in [1.29, 1.82) is 0 Å². The summed E-state index contributed by atoms with van der Waals surface area (Å²) in [6.45, 7) is 5.92. The van der Waals surface area contributed by atoms with Crippen molar-refractivity contribution >= 4 is 23.0 Å². The first-order valence-corrected chi connectivity index (χ1v) is 10.6. The van der Waals surface area contributed by atoms with Gasteiger partial charge in [0.2, 0.25) is 0 Å². The van der Waals surface area contributed by atoms with Crippen molar-refractivity contribution < 1.29 is 14.0 Å². The van der Waals surface area contributed by atoms with Gasteiger partial charge in [-0.15, -0.1) is 11.3 Å². The minimum absolute atomic E-state index is 0.00524. The van der Waals surface area contributed by atoms with Gasteiger partial charge in [-0.05, 0) is 62.6 Å². The molecule has 2 aliphatic heterocycles. The first-order chi connectivity index (χ1) is 13.4. The number of hydrogen-bond acceptors (Lipinski definition) is 4. The number of hydrogen-bond donors (Lipinski definition) is 0. The number of carbonyl (C=O) groups excluding carboxylic acids is 2. The smallest absolute Gasteiger partial charge is 0.263 e. The molecule has 1 spiro atoms. The molecule has 4 rings (SSSR count). The molecule has 0 saturated carbocycles. The SMILES string of the molecule is CC(=O)c1ccc(C(=O)N2CCC3(CCCN(Cc4ccc(F)cc4)C3)C2)s1. The molecule has 1 amide bonds. The first-order valence-electron chi connectivity index (χ1n) is 9.81. The Labute approximate surface area is 169 Å². The monoisotopic (exact) mass is 400 g/mol. The first kappa shape index (κ1) is 19.3. The van der Waals surface area contributed by atoms with E-state index in [1.165, 1.54) is 30.4 Å². The van der Waals surface area contributed by atoms with Crippen LogP contribution in [0.2, 0.25) is 0 Å². The summed E-state index contributed by atoms with van der Waals surface area (Å²) in [5.74, 6) is -0.152. The molecule has 2 fully saturated rings. The standard InChI is InChI=1S/C22H25FN2O2S/c1-16(26)19-7-8-20(28-19)21(27)25-12-10-22(15-25)9-2-11-24(14-22)13-17-3-5-18(23)6-4-17/h3-8H,2,9-15H2,1H3. The predicted molar refractivity (Wildman–Crippen MR) is 108 cm³/mol. The molecule has 0 radical (unpaired) electrons. The number of nitrogens with zero attached hydrogens (tertiary/aromatic N) is 2. The van der Waals surface area contributed by atoms with Crippen LogP contribution in [-0.4, -0.2) is 47.7 Å². The van der Waals surface area contributed by atoms with E-state index in [1.54, 1.807) is 12.1 Å². The number of halogens is 1. The topological polar surface area (TPSA) is 40.6 Å². The van der Waals surface area contributed by atoms with Crippen LogP contribution in [0.4, 0.5) is 4.39 Å². The minimum atomic E-state index is -0.203.